The predicted molar refractivity (Wildman–Crippen MR) is 105 cm³/mol. The minimum atomic E-state index is -3.12. The largest absolute Gasteiger partial charge is 0.383 e. The Labute approximate surface area is 164 Å². The van der Waals surface area contributed by atoms with Gasteiger partial charge in [0.2, 0.25) is 0 Å². The summed E-state index contributed by atoms with van der Waals surface area (Å²) >= 11 is 0. The Bertz CT molecular complexity index is 967. The summed E-state index contributed by atoms with van der Waals surface area (Å²) in [7, 11) is -1.57. The van der Waals surface area contributed by atoms with Crippen molar-refractivity contribution in [2.45, 2.75) is 26.3 Å². The zero-order valence-electron chi connectivity index (χ0n) is 16.3. The first-order chi connectivity index (χ1) is 13.2. The van der Waals surface area contributed by atoms with Gasteiger partial charge in [0, 0.05) is 36.8 Å². The van der Waals surface area contributed by atoms with Crippen LogP contribution in [0.5, 0.6) is 0 Å². The van der Waals surface area contributed by atoms with Gasteiger partial charge in [0.25, 0.3) is 5.91 Å². The van der Waals surface area contributed by atoms with Gasteiger partial charge in [-0.3, -0.25) is 4.79 Å². The number of carbonyl (C=O) groups excluding carboxylic acids is 1. The van der Waals surface area contributed by atoms with Crippen LogP contribution in [0.3, 0.4) is 0 Å². The summed E-state index contributed by atoms with van der Waals surface area (Å²) in [4.78, 5) is 14.9. The lowest BCUT2D eigenvalue weighted by molar-refractivity contribution is 0.0623. The number of ether oxygens (including phenoxy) is 1. The van der Waals surface area contributed by atoms with Gasteiger partial charge in [-0.2, -0.15) is 0 Å². The number of sulfone groups is 1. The first-order valence-corrected chi connectivity index (χ1v) is 11.0. The fraction of sp³-hybridized carbons (Fsp3) is 0.450. The van der Waals surface area contributed by atoms with E-state index in [1.165, 1.54) is 12.1 Å². The summed E-state index contributed by atoms with van der Waals surface area (Å²) < 4.78 is 44.1. The molecule has 152 valence electrons. The van der Waals surface area contributed by atoms with Crippen LogP contribution in [0, 0.1) is 19.7 Å². The number of amides is 1. The molecule has 1 aliphatic rings. The average Bonchev–Trinajstić information content (AvgIpc) is 3.15. The molecular weight excluding hydrogens is 383 g/mol. The maximum atomic E-state index is 13.3. The molecule has 1 aromatic carbocycles. The topological polar surface area (TPSA) is 68.6 Å². The van der Waals surface area contributed by atoms with Crippen molar-refractivity contribution in [1.29, 1.82) is 0 Å². The number of methoxy groups -OCH3 is 1. The summed E-state index contributed by atoms with van der Waals surface area (Å²) in [6.45, 7) is 4.38. The maximum Gasteiger partial charge on any atom is 0.256 e. The van der Waals surface area contributed by atoms with E-state index in [1.807, 2.05) is 18.4 Å². The van der Waals surface area contributed by atoms with E-state index in [9.17, 15) is 17.6 Å². The minimum absolute atomic E-state index is 0.0147. The van der Waals surface area contributed by atoms with E-state index in [1.54, 1.807) is 30.2 Å². The number of nitrogens with zero attached hydrogens (tertiary/aromatic N) is 2. The number of halogens is 1. The summed E-state index contributed by atoms with van der Waals surface area (Å²) in [5, 5.41) is 0. The number of benzene rings is 1. The lowest BCUT2D eigenvalue weighted by Gasteiger charge is -2.28. The van der Waals surface area contributed by atoms with E-state index >= 15 is 0 Å². The van der Waals surface area contributed by atoms with Crippen molar-refractivity contribution in [2.75, 3.05) is 31.8 Å². The summed E-state index contributed by atoms with van der Waals surface area (Å²) in [6, 6.07) is 7.53. The molecule has 1 unspecified atom stereocenters. The molecule has 8 heteroatoms. The summed E-state index contributed by atoms with van der Waals surface area (Å²) in [5.74, 6) is -0.446. The molecule has 2 heterocycles. The molecular formula is C20H25FN2O4S. The van der Waals surface area contributed by atoms with Gasteiger partial charge < -0.3 is 14.2 Å². The fourth-order valence-corrected chi connectivity index (χ4v) is 5.51. The number of hydrogen-bond acceptors (Lipinski definition) is 4. The Morgan fingerprint density at radius 2 is 1.96 bits per heavy atom. The van der Waals surface area contributed by atoms with Crippen molar-refractivity contribution in [2.24, 2.45) is 0 Å². The van der Waals surface area contributed by atoms with Crippen molar-refractivity contribution in [3.8, 4) is 5.69 Å². The normalized spacial score (nSPS) is 18.4. The van der Waals surface area contributed by atoms with Gasteiger partial charge in [0.15, 0.2) is 9.84 Å². The molecule has 28 heavy (non-hydrogen) atoms. The first kappa shape index (κ1) is 20.5. The molecule has 1 aliphatic heterocycles. The number of rotatable bonds is 6. The molecule has 0 saturated carbocycles. The number of aromatic nitrogens is 1. The highest BCUT2D eigenvalue weighted by Gasteiger charge is 2.35. The second-order valence-electron chi connectivity index (χ2n) is 7.14. The van der Waals surface area contributed by atoms with Gasteiger partial charge >= 0.3 is 0 Å². The molecule has 0 bridgehead atoms. The molecule has 3 rings (SSSR count). The summed E-state index contributed by atoms with van der Waals surface area (Å²) in [5.41, 5.74) is 2.86. The summed E-state index contributed by atoms with van der Waals surface area (Å²) in [6.07, 6.45) is 0.439. The van der Waals surface area contributed by atoms with Crippen LogP contribution in [0.2, 0.25) is 0 Å². The zero-order valence-corrected chi connectivity index (χ0v) is 17.1. The van der Waals surface area contributed by atoms with E-state index in [-0.39, 0.29) is 29.3 Å². The lowest BCUT2D eigenvalue weighted by Crippen LogP contribution is -2.43. The molecule has 1 aromatic heterocycles. The van der Waals surface area contributed by atoms with Crippen molar-refractivity contribution in [1.82, 2.24) is 9.47 Å². The van der Waals surface area contributed by atoms with Crippen LogP contribution >= 0.6 is 0 Å². The number of aryl methyl sites for hydroxylation is 1. The van der Waals surface area contributed by atoms with Crippen LogP contribution in [0.1, 0.15) is 28.2 Å². The molecule has 1 amide bonds. The van der Waals surface area contributed by atoms with Crippen molar-refractivity contribution >= 4 is 15.7 Å². The standard InChI is InChI=1S/C20H25FN2O4S/c1-14-12-19(15(2)23(14)17-6-4-16(21)5-7-17)20(24)22(9-10-27-3)18-8-11-28(25,26)13-18/h4-7,12,18H,8-11,13H2,1-3H3. The van der Waals surface area contributed by atoms with Crippen LogP contribution in [0.25, 0.3) is 5.69 Å². The van der Waals surface area contributed by atoms with Gasteiger partial charge in [-0.05, 0) is 50.6 Å². The lowest BCUT2D eigenvalue weighted by atomic mass is 10.1. The minimum Gasteiger partial charge on any atom is -0.383 e. The molecule has 0 radical (unpaired) electrons. The van der Waals surface area contributed by atoms with Crippen molar-refractivity contribution in [3.05, 3.63) is 53.1 Å². The van der Waals surface area contributed by atoms with E-state index in [2.05, 4.69) is 0 Å². The van der Waals surface area contributed by atoms with Crippen LogP contribution < -0.4 is 0 Å². The first-order valence-electron chi connectivity index (χ1n) is 9.18. The Morgan fingerprint density at radius 3 is 2.54 bits per heavy atom. The molecule has 0 spiro atoms. The van der Waals surface area contributed by atoms with Gasteiger partial charge in [-0.1, -0.05) is 0 Å². The van der Waals surface area contributed by atoms with Crippen LogP contribution in [-0.4, -0.2) is 61.6 Å². The van der Waals surface area contributed by atoms with Crippen molar-refractivity contribution < 1.29 is 22.3 Å². The van der Waals surface area contributed by atoms with Gasteiger partial charge in [0.1, 0.15) is 5.82 Å². The van der Waals surface area contributed by atoms with Crippen LogP contribution in [-0.2, 0) is 14.6 Å². The quantitative estimate of drug-likeness (QED) is 0.737. The fourth-order valence-electron chi connectivity index (χ4n) is 3.78. The molecule has 0 aliphatic carbocycles. The smallest absolute Gasteiger partial charge is 0.256 e. The Balaban J connectivity index is 1.95. The van der Waals surface area contributed by atoms with Gasteiger partial charge in [0.05, 0.1) is 23.7 Å². The number of hydrogen-bond donors (Lipinski definition) is 0. The SMILES string of the molecule is COCCN(C(=O)c1cc(C)n(-c2ccc(F)cc2)c1C)C1CCS(=O)(=O)C1. The molecule has 1 saturated heterocycles. The second-order valence-corrected chi connectivity index (χ2v) is 9.37. The van der Waals surface area contributed by atoms with E-state index in [0.29, 0.717) is 25.1 Å². The second kappa shape index (κ2) is 8.05. The third-order valence-corrected chi connectivity index (χ3v) is 6.94. The number of carbonyl (C=O) groups is 1. The van der Waals surface area contributed by atoms with Crippen molar-refractivity contribution in [3.63, 3.8) is 0 Å². The third kappa shape index (κ3) is 4.12. The monoisotopic (exact) mass is 408 g/mol. The molecule has 1 fully saturated rings. The molecule has 6 nitrogen and oxygen atoms in total. The van der Waals surface area contributed by atoms with E-state index < -0.39 is 9.84 Å². The van der Waals surface area contributed by atoms with Crippen LogP contribution in [0.15, 0.2) is 30.3 Å². The zero-order chi connectivity index (χ0) is 20.5. The Kier molecular flexibility index (Phi) is 5.90. The van der Waals surface area contributed by atoms with E-state index in [0.717, 1.165) is 17.1 Å². The highest BCUT2D eigenvalue weighted by atomic mass is 32.2. The maximum absolute atomic E-state index is 13.3. The van der Waals surface area contributed by atoms with Gasteiger partial charge in [-0.25, -0.2) is 12.8 Å². The molecule has 1 atom stereocenters. The Hall–Kier alpha value is -2.19. The predicted octanol–water partition coefficient (Wildman–Crippen LogP) is 2.51. The molecule has 2 aromatic rings. The third-order valence-electron chi connectivity index (χ3n) is 5.19. The highest BCUT2D eigenvalue weighted by Crippen LogP contribution is 2.25. The van der Waals surface area contributed by atoms with Gasteiger partial charge in [-0.15, -0.1) is 0 Å². The highest BCUT2D eigenvalue weighted by molar-refractivity contribution is 7.91. The Morgan fingerprint density at radius 1 is 1.29 bits per heavy atom. The van der Waals surface area contributed by atoms with Crippen LogP contribution in [0.4, 0.5) is 4.39 Å². The van der Waals surface area contributed by atoms with E-state index in [4.69, 9.17) is 4.74 Å². The average molecular weight is 408 g/mol. The molecule has 0 N–H and O–H groups in total.